The van der Waals surface area contributed by atoms with Gasteiger partial charge in [-0.1, -0.05) is 45.7 Å². The minimum absolute atomic E-state index is 0.0558. The molecule has 10 heteroatoms. The second-order valence-electron chi connectivity index (χ2n) is 7.83. The zero-order valence-electron chi connectivity index (χ0n) is 19.7. The maximum atomic E-state index is 13.9. The molecule has 186 valence electrons. The lowest BCUT2D eigenvalue weighted by Crippen LogP contribution is -2.41. The van der Waals surface area contributed by atoms with E-state index in [9.17, 15) is 13.2 Å². The summed E-state index contributed by atoms with van der Waals surface area (Å²) in [5.74, 6) is 0.0661. The van der Waals surface area contributed by atoms with Gasteiger partial charge in [0.15, 0.2) is 0 Å². The van der Waals surface area contributed by atoms with Gasteiger partial charge in [0, 0.05) is 4.47 Å². The molecule has 3 aromatic carbocycles. The Morgan fingerprint density at radius 3 is 2.37 bits per heavy atom. The number of rotatable bonds is 9. The van der Waals surface area contributed by atoms with Gasteiger partial charge in [-0.3, -0.25) is 9.10 Å². The number of amides is 1. The Morgan fingerprint density at radius 2 is 1.74 bits per heavy atom. The molecule has 0 saturated heterocycles. The highest BCUT2D eigenvalue weighted by Crippen LogP contribution is 2.34. The molecule has 0 aliphatic rings. The molecule has 0 radical (unpaired) electrons. The number of nitrogens with zero attached hydrogens (tertiary/aromatic N) is 1. The van der Waals surface area contributed by atoms with Gasteiger partial charge in [-0.15, -0.1) is 0 Å². The predicted octanol–water partition coefficient (Wildman–Crippen LogP) is 5.50. The Balaban J connectivity index is 2.01. The van der Waals surface area contributed by atoms with Gasteiger partial charge in [-0.05, 0) is 67.4 Å². The van der Waals surface area contributed by atoms with E-state index in [0.29, 0.717) is 5.75 Å². The molecule has 3 rings (SSSR count). The van der Waals surface area contributed by atoms with Crippen LogP contribution in [0, 0.1) is 6.92 Å². The normalized spacial score (nSPS) is 12.1. The van der Waals surface area contributed by atoms with Crippen LogP contribution < -0.4 is 19.1 Å². The number of sulfonamides is 1. The second-order valence-corrected chi connectivity index (χ2v) is 11.0. The minimum atomic E-state index is -4.22. The van der Waals surface area contributed by atoms with Crippen molar-refractivity contribution in [2.24, 2.45) is 0 Å². The largest absolute Gasteiger partial charge is 0.495 e. The van der Waals surface area contributed by atoms with Crippen LogP contribution in [0.15, 0.2) is 70.0 Å². The number of nitrogens with one attached hydrogen (secondary N) is 1. The van der Waals surface area contributed by atoms with E-state index in [2.05, 4.69) is 21.2 Å². The fraction of sp³-hybridized carbons (Fsp3) is 0.240. The predicted molar refractivity (Wildman–Crippen MR) is 141 cm³/mol. The molecule has 0 aromatic heterocycles. The van der Waals surface area contributed by atoms with E-state index in [1.54, 1.807) is 25.1 Å². The molecule has 7 nitrogen and oxygen atoms in total. The van der Waals surface area contributed by atoms with Crippen molar-refractivity contribution in [2.45, 2.75) is 24.8 Å². The molecule has 3 aromatic rings. The Kier molecular flexibility index (Phi) is 8.69. The third kappa shape index (κ3) is 6.28. The maximum absolute atomic E-state index is 13.9. The molecular formula is C25H26BrClN2O5S. The summed E-state index contributed by atoms with van der Waals surface area (Å²) in [7, 11) is -1.36. The number of benzene rings is 3. The van der Waals surface area contributed by atoms with Crippen LogP contribution in [0.2, 0.25) is 5.02 Å². The van der Waals surface area contributed by atoms with Crippen LogP contribution in [0.1, 0.15) is 24.1 Å². The van der Waals surface area contributed by atoms with E-state index in [1.165, 1.54) is 32.4 Å². The van der Waals surface area contributed by atoms with E-state index >= 15 is 0 Å². The van der Waals surface area contributed by atoms with Crippen molar-refractivity contribution in [3.8, 4) is 11.5 Å². The molecular weight excluding hydrogens is 556 g/mol. The number of methoxy groups -OCH3 is 2. The number of hydrogen-bond acceptors (Lipinski definition) is 5. The van der Waals surface area contributed by atoms with Crippen molar-refractivity contribution in [3.05, 3.63) is 81.3 Å². The first-order chi connectivity index (χ1) is 16.6. The second kappa shape index (κ2) is 11.3. The lowest BCUT2D eigenvalue weighted by Gasteiger charge is -2.26. The average molecular weight is 582 g/mol. The number of hydrogen-bond donors (Lipinski definition) is 1. The summed E-state index contributed by atoms with van der Waals surface area (Å²) in [6, 6.07) is 16.5. The summed E-state index contributed by atoms with van der Waals surface area (Å²) < 4.78 is 40.1. The SMILES string of the molecule is COc1ccc(N(CC(=O)N[C@@H](C)c2cccc(Br)c2)S(=O)(=O)c2cc(C)ccc2OC)cc1Cl. The van der Waals surface area contributed by atoms with Gasteiger partial charge in [0.05, 0.1) is 31.0 Å². The monoisotopic (exact) mass is 580 g/mol. The molecule has 0 aliphatic heterocycles. The van der Waals surface area contributed by atoms with Gasteiger partial charge >= 0.3 is 0 Å². The summed E-state index contributed by atoms with van der Waals surface area (Å²) in [6.07, 6.45) is 0. The number of anilines is 1. The Labute approximate surface area is 219 Å². The highest BCUT2D eigenvalue weighted by molar-refractivity contribution is 9.10. The molecule has 0 aliphatic carbocycles. The third-order valence-corrected chi connectivity index (χ3v) is 7.91. The van der Waals surface area contributed by atoms with Crippen molar-refractivity contribution in [1.29, 1.82) is 0 Å². The fourth-order valence-electron chi connectivity index (χ4n) is 3.51. The van der Waals surface area contributed by atoms with Gasteiger partial charge < -0.3 is 14.8 Å². The highest BCUT2D eigenvalue weighted by atomic mass is 79.9. The molecule has 35 heavy (non-hydrogen) atoms. The number of carbonyl (C=O) groups excluding carboxylic acids is 1. The van der Waals surface area contributed by atoms with Gasteiger partial charge in [-0.25, -0.2) is 8.42 Å². The van der Waals surface area contributed by atoms with E-state index < -0.39 is 22.5 Å². The van der Waals surface area contributed by atoms with E-state index in [4.69, 9.17) is 21.1 Å². The standard InChI is InChI=1S/C25H26BrClN2O5S/c1-16-8-10-23(34-4)24(12-16)35(31,32)29(20-9-11-22(33-3)21(27)14-20)15-25(30)28-17(2)18-6-5-7-19(26)13-18/h5-14,17H,15H2,1-4H3,(H,28,30)/t17-/m0/s1. The first-order valence-electron chi connectivity index (χ1n) is 10.6. The quantitative estimate of drug-likeness (QED) is 0.361. The molecule has 0 fully saturated rings. The molecule has 1 N–H and O–H groups in total. The Bertz CT molecular complexity index is 1330. The zero-order valence-corrected chi connectivity index (χ0v) is 22.9. The van der Waals surface area contributed by atoms with Crippen molar-refractivity contribution in [2.75, 3.05) is 25.1 Å². The number of halogens is 2. The summed E-state index contributed by atoms with van der Waals surface area (Å²) in [4.78, 5) is 13.0. The van der Waals surface area contributed by atoms with Gasteiger partial charge in [0.2, 0.25) is 5.91 Å². The van der Waals surface area contributed by atoms with Crippen LogP contribution in [-0.2, 0) is 14.8 Å². The number of ether oxygens (including phenoxy) is 2. The third-order valence-electron chi connectivity index (χ3n) is 5.32. The molecule has 0 spiro atoms. The Hall–Kier alpha value is -2.75. The first kappa shape index (κ1) is 26.8. The van der Waals surface area contributed by atoms with Crippen LogP contribution in [0.4, 0.5) is 5.69 Å². The van der Waals surface area contributed by atoms with Crippen molar-refractivity contribution in [1.82, 2.24) is 5.32 Å². The van der Waals surface area contributed by atoms with Gasteiger partial charge in [0.25, 0.3) is 10.0 Å². The molecule has 1 atom stereocenters. The molecule has 0 saturated carbocycles. The minimum Gasteiger partial charge on any atom is -0.495 e. The number of carbonyl (C=O) groups is 1. The summed E-state index contributed by atoms with van der Waals surface area (Å²) in [5, 5.41) is 3.08. The van der Waals surface area contributed by atoms with E-state index in [-0.39, 0.29) is 27.4 Å². The van der Waals surface area contributed by atoms with Crippen molar-refractivity contribution < 1.29 is 22.7 Å². The number of aryl methyl sites for hydroxylation is 1. The summed E-state index contributed by atoms with van der Waals surface area (Å²) in [6.45, 7) is 3.13. The van der Waals surface area contributed by atoms with E-state index in [1.807, 2.05) is 31.2 Å². The average Bonchev–Trinajstić information content (AvgIpc) is 2.82. The van der Waals surface area contributed by atoms with Crippen molar-refractivity contribution >= 4 is 49.1 Å². The molecule has 1 amide bonds. The van der Waals surface area contributed by atoms with Gasteiger partial charge in [0.1, 0.15) is 22.9 Å². The smallest absolute Gasteiger partial charge is 0.268 e. The van der Waals surface area contributed by atoms with Crippen LogP contribution >= 0.6 is 27.5 Å². The summed E-state index contributed by atoms with van der Waals surface area (Å²) >= 11 is 9.72. The van der Waals surface area contributed by atoms with Crippen LogP contribution in [-0.4, -0.2) is 35.1 Å². The van der Waals surface area contributed by atoms with Crippen LogP contribution in [0.25, 0.3) is 0 Å². The Morgan fingerprint density at radius 1 is 1.06 bits per heavy atom. The summed E-state index contributed by atoms with van der Waals surface area (Å²) in [5.41, 5.74) is 1.81. The molecule has 0 heterocycles. The van der Waals surface area contributed by atoms with Crippen LogP contribution in [0.3, 0.4) is 0 Å². The topological polar surface area (TPSA) is 84.9 Å². The van der Waals surface area contributed by atoms with Crippen LogP contribution in [0.5, 0.6) is 11.5 Å². The van der Waals surface area contributed by atoms with Gasteiger partial charge in [-0.2, -0.15) is 0 Å². The highest BCUT2D eigenvalue weighted by Gasteiger charge is 2.31. The lowest BCUT2D eigenvalue weighted by atomic mass is 10.1. The molecule has 0 unspecified atom stereocenters. The fourth-order valence-corrected chi connectivity index (χ4v) is 5.83. The maximum Gasteiger partial charge on any atom is 0.268 e. The van der Waals surface area contributed by atoms with Crippen molar-refractivity contribution in [3.63, 3.8) is 0 Å². The van der Waals surface area contributed by atoms with E-state index in [0.717, 1.165) is 19.9 Å². The molecule has 0 bridgehead atoms. The zero-order chi connectivity index (χ0) is 25.8. The first-order valence-corrected chi connectivity index (χ1v) is 13.2. The lowest BCUT2D eigenvalue weighted by molar-refractivity contribution is -0.120.